The van der Waals surface area contributed by atoms with Crippen LogP contribution in [0.4, 0.5) is 4.39 Å². The first-order valence-corrected chi connectivity index (χ1v) is 6.90. The number of halogens is 1. The van der Waals surface area contributed by atoms with Crippen LogP contribution in [0.15, 0.2) is 24.4 Å². The number of nitrogens with one attached hydrogen (secondary N) is 1. The summed E-state index contributed by atoms with van der Waals surface area (Å²) in [6.07, 6.45) is 1.85. The Balaban J connectivity index is 2.02. The van der Waals surface area contributed by atoms with Crippen LogP contribution >= 0.6 is 11.3 Å². The number of nitrogens with zero attached hydrogens (tertiary/aromatic N) is 1. The molecule has 0 bridgehead atoms. The maximum Gasteiger partial charge on any atom is 0.169 e. The van der Waals surface area contributed by atoms with Gasteiger partial charge in [-0.1, -0.05) is 12.1 Å². The summed E-state index contributed by atoms with van der Waals surface area (Å²) < 4.78 is 18.9. The molecule has 2 rings (SSSR count). The van der Waals surface area contributed by atoms with Crippen molar-refractivity contribution in [1.29, 1.82) is 0 Å². The number of aromatic nitrogens is 1. The van der Waals surface area contributed by atoms with Gasteiger partial charge >= 0.3 is 0 Å². The zero-order chi connectivity index (χ0) is 13.8. The van der Waals surface area contributed by atoms with E-state index in [2.05, 4.69) is 10.3 Å². The highest BCUT2D eigenvalue weighted by molar-refractivity contribution is 7.11. The Kier molecular flexibility index (Phi) is 4.50. The highest BCUT2D eigenvalue weighted by Gasteiger charge is 2.12. The predicted molar refractivity (Wildman–Crippen MR) is 75.1 cm³/mol. The van der Waals surface area contributed by atoms with Gasteiger partial charge in [-0.25, -0.2) is 9.37 Å². The summed E-state index contributed by atoms with van der Waals surface area (Å²) in [7, 11) is 1.47. The average molecular weight is 280 g/mol. The fraction of sp³-hybridized carbons (Fsp3) is 0.357. The molecule has 0 saturated carbocycles. The SMILES string of the molecule is COc1cccc(CNC(C)c2ncc(C)s2)c1F. The molecule has 1 N–H and O–H groups in total. The van der Waals surface area contributed by atoms with E-state index in [1.165, 1.54) is 12.0 Å². The van der Waals surface area contributed by atoms with Crippen molar-refractivity contribution < 1.29 is 9.13 Å². The van der Waals surface area contributed by atoms with Crippen molar-refractivity contribution in [1.82, 2.24) is 10.3 Å². The summed E-state index contributed by atoms with van der Waals surface area (Å²) >= 11 is 1.65. The standard InChI is InChI=1S/C14H17FN2OS/c1-9-7-17-14(19-9)10(2)16-8-11-5-4-6-12(18-3)13(11)15/h4-7,10,16H,8H2,1-3H3. The van der Waals surface area contributed by atoms with Crippen LogP contribution in [0.1, 0.15) is 28.4 Å². The van der Waals surface area contributed by atoms with Crippen LogP contribution in [0, 0.1) is 12.7 Å². The van der Waals surface area contributed by atoms with Gasteiger partial charge in [-0.3, -0.25) is 0 Å². The smallest absolute Gasteiger partial charge is 0.169 e. The van der Waals surface area contributed by atoms with Gasteiger partial charge in [0.25, 0.3) is 0 Å². The molecule has 1 aromatic heterocycles. The van der Waals surface area contributed by atoms with Gasteiger partial charge in [-0.05, 0) is 19.9 Å². The van der Waals surface area contributed by atoms with E-state index in [9.17, 15) is 4.39 Å². The minimum atomic E-state index is -0.306. The maximum absolute atomic E-state index is 14.0. The summed E-state index contributed by atoms with van der Waals surface area (Å²) in [5.41, 5.74) is 0.597. The molecule has 102 valence electrons. The second-order valence-electron chi connectivity index (χ2n) is 4.35. The van der Waals surface area contributed by atoms with E-state index in [1.54, 1.807) is 29.5 Å². The molecule has 19 heavy (non-hydrogen) atoms. The van der Waals surface area contributed by atoms with E-state index in [4.69, 9.17) is 4.74 Å². The van der Waals surface area contributed by atoms with Gasteiger partial charge < -0.3 is 10.1 Å². The van der Waals surface area contributed by atoms with Gasteiger partial charge in [-0.15, -0.1) is 11.3 Å². The molecule has 3 nitrogen and oxygen atoms in total. The van der Waals surface area contributed by atoms with Crippen LogP contribution in [-0.2, 0) is 6.54 Å². The largest absolute Gasteiger partial charge is 0.494 e. The van der Waals surface area contributed by atoms with E-state index in [0.29, 0.717) is 12.1 Å². The third-order valence-electron chi connectivity index (χ3n) is 2.87. The second-order valence-corrected chi connectivity index (χ2v) is 5.61. The Morgan fingerprint density at radius 2 is 2.26 bits per heavy atom. The molecule has 5 heteroatoms. The molecule has 1 heterocycles. The topological polar surface area (TPSA) is 34.1 Å². The van der Waals surface area contributed by atoms with Crippen LogP contribution in [0.2, 0.25) is 0 Å². The monoisotopic (exact) mass is 280 g/mol. The number of rotatable bonds is 5. The summed E-state index contributed by atoms with van der Waals surface area (Å²) in [6.45, 7) is 4.49. The van der Waals surface area contributed by atoms with Gasteiger partial charge in [0.15, 0.2) is 11.6 Å². The van der Waals surface area contributed by atoms with E-state index in [-0.39, 0.29) is 17.6 Å². The van der Waals surface area contributed by atoms with Crippen molar-refractivity contribution in [2.45, 2.75) is 26.4 Å². The molecule has 2 aromatic rings. The molecule has 1 unspecified atom stereocenters. The van der Waals surface area contributed by atoms with Crippen LogP contribution in [0.5, 0.6) is 5.75 Å². The first-order chi connectivity index (χ1) is 9.11. The van der Waals surface area contributed by atoms with E-state index in [0.717, 1.165) is 5.01 Å². The van der Waals surface area contributed by atoms with Gasteiger partial charge in [0.2, 0.25) is 0 Å². The van der Waals surface area contributed by atoms with E-state index < -0.39 is 0 Å². The molecule has 0 saturated heterocycles. The van der Waals surface area contributed by atoms with Crippen molar-refractivity contribution in [3.8, 4) is 5.75 Å². The minimum Gasteiger partial charge on any atom is -0.494 e. The lowest BCUT2D eigenvalue weighted by molar-refractivity contribution is 0.382. The lowest BCUT2D eigenvalue weighted by atomic mass is 10.2. The van der Waals surface area contributed by atoms with Crippen LogP contribution in [-0.4, -0.2) is 12.1 Å². The third kappa shape index (κ3) is 3.30. The molecular formula is C14H17FN2OS. The number of aryl methyl sites for hydroxylation is 1. The lowest BCUT2D eigenvalue weighted by Crippen LogP contribution is -2.18. The van der Waals surface area contributed by atoms with Gasteiger partial charge in [0.05, 0.1) is 13.2 Å². The predicted octanol–water partition coefficient (Wildman–Crippen LogP) is 3.45. The number of ether oxygens (including phenoxy) is 1. The van der Waals surface area contributed by atoms with Crippen LogP contribution in [0.25, 0.3) is 0 Å². The molecule has 0 aliphatic carbocycles. The molecule has 1 aromatic carbocycles. The van der Waals surface area contributed by atoms with E-state index >= 15 is 0 Å². The first kappa shape index (κ1) is 14.0. The molecule has 0 amide bonds. The highest BCUT2D eigenvalue weighted by Crippen LogP contribution is 2.22. The number of benzene rings is 1. The Labute approximate surface area is 116 Å². The maximum atomic E-state index is 14.0. The van der Waals surface area contributed by atoms with E-state index in [1.807, 2.05) is 20.0 Å². The quantitative estimate of drug-likeness (QED) is 0.911. The molecular weight excluding hydrogens is 263 g/mol. The fourth-order valence-corrected chi connectivity index (χ4v) is 2.57. The van der Waals surface area contributed by atoms with Crippen LogP contribution in [0.3, 0.4) is 0 Å². The summed E-state index contributed by atoms with van der Waals surface area (Å²) in [5, 5.41) is 4.29. The van der Waals surface area contributed by atoms with Crippen LogP contribution < -0.4 is 10.1 Å². The number of methoxy groups -OCH3 is 1. The Morgan fingerprint density at radius 3 is 2.89 bits per heavy atom. The number of hydrogen-bond donors (Lipinski definition) is 1. The Bertz CT molecular complexity index is 556. The fourth-order valence-electron chi connectivity index (χ4n) is 1.77. The van der Waals surface area contributed by atoms with Crippen molar-refractivity contribution >= 4 is 11.3 Å². The zero-order valence-corrected chi connectivity index (χ0v) is 12.1. The molecule has 0 spiro atoms. The summed E-state index contributed by atoms with van der Waals surface area (Å²) in [5.74, 6) is -0.0305. The summed E-state index contributed by atoms with van der Waals surface area (Å²) in [6, 6.07) is 5.26. The lowest BCUT2D eigenvalue weighted by Gasteiger charge is -2.12. The van der Waals surface area contributed by atoms with Gasteiger partial charge in [-0.2, -0.15) is 0 Å². The average Bonchev–Trinajstić information content (AvgIpc) is 2.84. The normalized spacial score (nSPS) is 12.4. The van der Waals surface area contributed by atoms with Gasteiger partial charge in [0.1, 0.15) is 5.01 Å². The Hall–Kier alpha value is -1.46. The first-order valence-electron chi connectivity index (χ1n) is 6.09. The molecule has 0 radical (unpaired) electrons. The molecule has 0 aliphatic rings. The molecule has 0 aliphatic heterocycles. The zero-order valence-electron chi connectivity index (χ0n) is 11.2. The summed E-state index contributed by atoms with van der Waals surface area (Å²) in [4.78, 5) is 5.50. The van der Waals surface area contributed by atoms with Crippen molar-refractivity contribution in [3.63, 3.8) is 0 Å². The highest BCUT2D eigenvalue weighted by atomic mass is 32.1. The van der Waals surface area contributed by atoms with Crippen molar-refractivity contribution in [2.75, 3.05) is 7.11 Å². The van der Waals surface area contributed by atoms with Gasteiger partial charge in [0, 0.05) is 23.2 Å². The minimum absolute atomic E-state index is 0.101. The molecule has 0 fully saturated rings. The van der Waals surface area contributed by atoms with Crippen molar-refractivity contribution in [3.05, 3.63) is 45.7 Å². The second kappa shape index (κ2) is 6.12. The number of thiazole rings is 1. The third-order valence-corrected chi connectivity index (χ3v) is 3.97. The van der Waals surface area contributed by atoms with Crippen molar-refractivity contribution in [2.24, 2.45) is 0 Å². The Morgan fingerprint density at radius 1 is 1.47 bits per heavy atom. The number of hydrogen-bond acceptors (Lipinski definition) is 4. The molecule has 1 atom stereocenters.